The third-order valence-electron chi connectivity index (χ3n) is 0. The number of hydrogen-bond acceptors (Lipinski definition) is 0. The maximum absolute atomic E-state index is 0. The van der Waals surface area contributed by atoms with Gasteiger partial charge in [-0.2, -0.15) is 0 Å². The standard InChI is InChI=1S/2Fe.2Li.3O.2P.2H/q2*+3;;;3*-2;;;;. The summed E-state index contributed by atoms with van der Waals surface area (Å²) in [6.07, 6.45) is 0. The molecule has 0 heterocycles. The first-order valence-electron chi connectivity index (χ1n) is 0. The summed E-state index contributed by atoms with van der Waals surface area (Å²) in [5.41, 5.74) is 0. The monoisotopic (exact) mass is 238 g/mol. The molecular formula is H2Fe2Li2O3P2. The van der Waals surface area contributed by atoms with Gasteiger partial charge in [-0.3, -0.25) is 0 Å². The van der Waals surface area contributed by atoms with Crippen LogP contribution in [0.15, 0.2) is 0 Å². The number of hydrogen-bond donors (Lipinski definition) is 0. The maximum Gasteiger partial charge on any atom is 0 e. The predicted octanol–water partition coefficient (Wildman–Crippen LogP) is 0.0640. The summed E-state index contributed by atoms with van der Waals surface area (Å²) < 4.78 is 0. The second-order valence-electron chi connectivity index (χ2n) is 0. The average Bonchev–Trinajstić information content (AvgIpc) is 0. The van der Waals surface area contributed by atoms with E-state index in [4.69, 9.17) is 0 Å². The zero-order valence-electron chi connectivity index (χ0n) is 2.83. The molecule has 0 aliphatic heterocycles. The predicted molar refractivity (Wildman–Crippen MR) is 30.2 cm³/mol. The Hall–Kier alpha value is 2.97. The first-order valence-corrected chi connectivity index (χ1v) is 0. The van der Waals surface area contributed by atoms with Gasteiger partial charge in [-0.05, 0) is 0 Å². The van der Waals surface area contributed by atoms with Crippen LogP contribution >= 0.6 is 19.8 Å². The van der Waals surface area contributed by atoms with Crippen LogP contribution in [0.5, 0.6) is 0 Å². The molecule has 8 radical (unpaired) electrons. The van der Waals surface area contributed by atoms with Crippen molar-refractivity contribution in [1.29, 1.82) is 0 Å². The van der Waals surface area contributed by atoms with Crippen molar-refractivity contribution in [3.05, 3.63) is 0 Å². The van der Waals surface area contributed by atoms with Crippen molar-refractivity contribution in [1.82, 2.24) is 0 Å². The van der Waals surface area contributed by atoms with Crippen molar-refractivity contribution >= 4 is 57.5 Å². The Bertz CT molecular complexity index is 17.8. The second kappa shape index (κ2) is 123. The third-order valence-corrected chi connectivity index (χ3v) is 0. The van der Waals surface area contributed by atoms with Gasteiger partial charge < -0.3 is 16.4 Å². The molecule has 0 saturated carbocycles. The molecule has 0 aliphatic rings. The van der Waals surface area contributed by atoms with Gasteiger partial charge in [0.15, 0.2) is 0 Å². The van der Waals surface area contributed by atoms with E-state index in [1.807, 2.05) is 0 Å². The van der Waals surface area contributed by atoms with Gasteiger partial charge in [-0.1, -0.05) is 0 Å². The molecular weight excluding hydrogens is 236 g/mol. The number of rotatable bonds is 0. The van der Waals surface area contributed by atoms with Crippen molar-refractivity contribution in [3.8, 4) is 0 Å². The Labute approximate surface area is 107 Å². The minimum absolute atomic E-state index is 0. The van der Waals surface area contributed by atoms with Gasteiger partial charge in [0.05, 0.1) is 0 Å². The van der Waals surface area contributed by atoms with Crippen molar-refractivity contribution in [3.63, 3.8) is 0 Å². The van der Waals surface area contributed by atoms with Crippen LogP contribution in [0.3, 0.4) is 0 Å². The van der Waals surface area contributed by atoms with Crippen LogP contribution in [-0.4, -0.2) is 37.7 Å². The molecule has 0 atom stereocenters. The molecule has 0 aromatic carbocycles. The Kier molecular flexibility index (Phi) is 2240. The Morgan fingerprint density at radius 3 is 0.444 bits per heavy atom. The van der Waals surface area contributed by atoms with E-state index < -0.39 is 0 Å². The molecule has 0 bridgehead atoms. The minimum atomic E-state index is 0. The molecule has 0 fully saturated rings. The first-order chi connectivity index (χ1) is 0. The Morgan fingerprint density at radius 2 is 0.444 bits per heavy atom. The van der Waals surface area contributed by atoms with Crippen LogP contribution in [0.4, 0.5) is 0 Å². The molecule has 0 saturated heterocycles. The van der Waals surface area contributed by atoms with Gasteiger partial charge in [-0.15, -0.1) is 0 Å². The van der Waals surface area contributed by atoms with Crippen molar-refractivity contribution in [2.45, 2.75) is 0 Å². The topological polar surface area (TPSA) is 85.5 Å². The second-order valence-corrected chi connectivity index (χ2v) is 0. The van der Waals surface area contributed by atoms with Crippen molar-refractivity contribution in [2.75, 3.05) is 0 Å². The molecule has 0 rings (SSSR count). The van der Waals surface area contributed by atoms with Crippen LogP contribution in [0, 0.1) is 0 Å². The van der Waals surface area contributed by atoms with Crippen LogP contribution < -0.4 is 0 Å². The van der Waals surface area contributed by atoms with Gasteiger partial charge in [0, 0.05) is 19.8 Å². The molecule has 3 nitrogen and oxygen atoms in total. The molecule has 0 N–H and O–H groups in total. The summed E-state index contributed by atoms with van der Waals surface area (Å²) in [5, 5.41) is 0. The fourth-order valence-corrected chi connectivity index (χ4v) is 0. The van der Waals surface area contributed by atoms with E-state index in [0.717, 1.165) is 0 Å². The summed E-state index contributed by atoms with van der Waals surface area (Å²) in [4.78, 5) is 0. The van der Waals surface area contributed by atoms with Gasteiger partial charge in [-0.25, -0.2) is 0 Å². The normalized spacial score (nSPS) is 0. The minimum Gasteiger partial charge on any atom is -2.00 e. The Balaban J connectivity index is 0. The molecule has 0 spiro atoms. The van der Waals surface area contributed by atoms with Gasteiger partial charge in [0.25, 0.3) is 0 Å². The van der Waals surface area contributed by atoms with E-state index in [-0.39, 0.29) is 108 Å². The van der Waals surface area contributed by atoms with E-state index in [9.17, 15) is 0 Å². The molecule has 0 aromatic heterocycles. The summed E-state index contributed by atoms with van der Waals surface area (Å²) in [6, 6.07) is 0. The Morgan fingerprint density at radius 1 is 0.444 bits per heavy atom. The molecule has 0 aliphatic carbocycles. The quantitative estimate of drug-likeness (QED) is 0.422. The van der Waals surface area contributed by atoms with E-state index in [2.05, 4.69) is 0 Å². The molecule has 0 aromatic rings. The molecule has 0 amide bonds. The zero-order chi connectivity index (χ0) is 0. The summed E-state index contributed by atoms with van der Waals surface area (Å²) in [5.74, 6) is 0. The van der Waals surface area contributed by atoms with Crippen LogP contribution in [0.1, 0.15) is 0 Å². The molecule has 9 heavy (non-hydrogen) atoms. The fourth-order valence-electron chi connectivity index (χ4n) is 0. The zero-order valence-corrected chi connectivity index (χ0v) is 6.82. The first kappa shape index (κ1) is 163. The SMILES string of the molecule is [Fe+3].[Fe+3].[LiH].[LiH].[O-2].[O-2].[O-2].[P].[P]. The van der Waals surface area contributed by atoms with Crippen molar-refractivity contribution < 1.29 is 50.6 Å². The summed E-state index contributed by atoms with van der Waals surface area (Å²) in [6.45, 7) is 0. The molecule has 0 unspecified atom stereocenters. The van der Waals surface area contributed by atoms with Crippen LogP contribution in [0.25, 0.3) is 0 Å². The smallest absolute Gasteiger partial charge is 0 e. The van der Waals surface area contributed by atoms with E-state index >= 15 is 0 Å². The van der Waals surface area contributed by atoms with Crippen molar-refractivity contribution in [2.24, 2.45) is 0 Å². The largest absolute Gasteiger partial charge is 2.00 e. The fraction of sp³-hybridized carbons (Fsp3) is 0. The molecule has 48 valence electrons. The maximum atomic E-state index is 0. The molecule has 9 heteroatoms. The summed E-state index contributed by atoms with van der Waals surface area (Å²) in [7, 11) is 0. The van der Waals surface area contributed by atoms with E-state index in [0.29, 0.717) is 0 Å². The van der Waals surface area contributed by atoms with E-state index in [1.54, 1.807) is 0 Å². The van der Waals surface area contributed by atoms with Gasteiger partial charge in [0.2, 0.25) is 0 Å². The average molecular weight is 238 g/mol. The van der Waals surface area contributed by atoms with Crippen LogP contribution in [-0.2, 0) is 50.6 Å². The summed E-state index contributed by atoms with van der Waals surface area (Å²) >= 11 is 0. The third kappa shape index (κ3) is 99.9. The van der Waals surface area contributed by atoms with Gasteiger partial charge >= 0.3 is 71.9 Å². The van der Waals surface area contributed by atoms with E-state index in [1.165, 1.54) is 0 Å². The van der Waals surface area contributed by atoms with Crippen LogP contribution in [0.2, 0.25) is 0 Å². The van der Waals surface area contributed by atoms with Gasteiger partial charge in [0.1, 0.15) is 0 Å².